The molecule has 2 aromatic rings. The Kier molecular flexibility index (Phi) is 5.61. The Morgan fingerprint density at radius 1 is 1.27 bits per heavy atom. The average Bonchev–Trinajstić information content (AvgIpc) is 2.96. The Morgan fingerprint density at radius 3 is 2.77 bits per heavy atom. The lowest BCUT2D eigenvalue weighted by molar-refractivity contribution is 0.0562. The molecule has 1 aromatic carbocycles. The fourth-order valence-corrected chi connectivity index (χ4v) is 2.13. The number of aryl methyl sites for hydroxylation is 1. The van der Waals surface area contributed by atoms with Crippen molar-refractivity contribution in [3.8, 4) is 5.75 Å². The molecule has 0 unspecified atom stereocenters. The van der Waals surface area contributed by atoms with Crippen molar-refractivity contribution >= 4 is 5.97 Å². The molecule has 1 aromatic heterocycles. The smallest absolute Gasteiger partial charge is 0.374 e. The maximum absolute atomic E-state index is 11.6. The standard InChI is InChI=1S/C17H21NO4/c1-13-6-4-5-7-15(13)21-11-9-18(2)12-14-8-10-22-16(14)17(19)20-3/h4-8,10H,9,11-12H2,1-3H3. The molecule has 0 amide bonds. The van der Waals surface area contributed by atoms with Crippen LogP contribution in [0, 0.1) is 6.92 Å². The lowest BCUT2D eigenvalue weighted by Crippen LogP contribution is -2.24. The Bertz CT molecular complexity index is 621. The monoisotopic (exact) mass is 303 g/mol. The largest absolute Gasteiger partial charge is 0.492 e. The van der Waals surface area contributed by atoms with Crippen LogP contribution in [0.25, 0.3) is 0 Å². The van der Waals surface area contributed by atoms with Gasteiger partial charge < -0.3 is 13.9 Å². The molecule has 5 heteroatoms. The molecule has 2 rings (SSSR count). The minimum absolute atomic E-state index is 0.258. The number of methoxy groups -OCH3 is 1. The minimum Gasteiger partial charge on any atom is -0.492 e. The van der Waals surface area contributed by atoms with Gasteiger partial charge in [0.2, 0.25) is 5.76 Å². The third-order valence-corrected chi connectivity index (χ3v) is 3.38. The number of rotatable bonds is 7. The minimum atomic E-state index is -0.454. The van der Waals surface area contributed by atoms with Crippen LogP contribution in [0.5, 0.6) is 5.75 Å². The van der Waals surface area contributed by atoms with Gasteiger partial charge in [0, 0.05) is 18.7 Å². The molecule has 0 atom stereocenters. The predicted octanol–water partition coefficient (Wildman–Crippen LogP) is 2.89. The second kappa shape index (κ2) is 7.66. The van der Waals surface area contributed by atoms with Gasteiger partial charge in [-0.25, -0.2) is 4.79 Å². The third kappa shape index (κ3) is 4.11. The van der Waals surface area contributed by atoms with Gasteiger partial charge in [0.15, 0.2) is 0 Å². The van der Waals surface area contributed by atoms with Crippen molar-refractivity contribution in [2.75, 3.05) is 27.3 Å². The van der Waals surface area contributed by atoms with Gasteiger partial charge in [-0.3, -0.25) is 4.90 Å². The maximum atomic E-state index is 11.6. The number of nitrogens with zero attached hydrogens (tertiary/aromatic N) is 1. The zero-order valence-electron chi connectivity index (χ0n) is 13.2. The molecule has 5 nitrogen and oxygen atoms in total. The van der Waals surface area contributed by atoms with E-state index in [1.807, 2.05) is 38.2 Å². The van der Waals surface area contributed by atoms with Gasteiger partial charge in [0.05, 0.1) is 13.4 Å². The highest BCUT2D eigenvalue weighted by Gasteiger charge is 2.16. The number of benzene rings is 1. The summed E-state index contributed by atoms with van der Waals surface area (Å²) < 4.78 is 15.6. The van der Waals surface area contributed by atoms with Gasteiger partial charge in [-0.15, -0.1) is 0 Å². The summed E-state index contributed by atoms with van der Waals surface area (Å²) in [5, 5.41) is 0. The predicted molar refractivity (Wildman–Crippen MR) is 83.1 cm³/mol. The molecule has 0 N–H and O–H groups in total. The topological polar surface area (TPSA) is 51.9 Å². The first kappa shape index (κ1) is 16.1. The molecule has 0 fully saturated rings. The lowest BCUT2D eigenvalue weighted by atomic mass is 10.2. The van der Waals surface area contributed by atoms with Crippen LogP contribution in [0.4, 0.5) is 0 Å². The van der Waals surface area contributed by atoms with E-state index in [9.17, 15) is 4.79 Å². The molecular formula is C17H21NO4. The summed E-state index contributed by atoms with van der Waals surface area (Å²) in [4.78, 5) is 13.6. The summed E-state index contributed by atoms with van der Waals surface area (Å²) in [5.41, 5.74) is 1.93. The van der Waals surface area contributed by atoms with Crippen molar-refractivity contribution in [3.63, 3.8) is 0 Å². The molecule has 0 spiro atoms. The van der Waals surface area contributed by atoms with Gasteiger partial charge in [-0.05, 0) is 31.7 Å². The molecule has 0 aliphatic carbocycles. The fraction of sp³-hybridized carbons (Fsp3) is 0.353. The highest BCUT2D eigenvalue weighted by Crippen LogP contribution is 2.16. The molecule has 0 radical (unpaired) electrons. The summed E-state index contributed by atoms with van der Waals surface area (Å²) in [6.07, 6.45) is 1.50. The van der Waals surface area contributed by atoms with Crippen molar-refractivity contribution in [2.24, 2.45) is 0 Å². The molecule has 0 saturated heterocycles. The van der Waals surface area contributed by atoms with Gasteiger partial charge in [0.1, 0.15) is 12.4 Å². The van der Waals surface area contributed by atoms with Crippen LogP contribution in [-0.4, -0.2) is 38.2 Å². The zero-order chi connectivity index (χ0) is 15.9. The van der Waals surface area contributed by atoms with Crippen molar-refractivity contribution in [2.45, 2.75) is 13.5 Å². The number of likely N-dealkylation sites (N-methyl/N-ethyl adjacent to an activating group) is 1. The molecule has 118 valence electrons. The lowest BCUT2D eigenvalue weighted by Gasteiger charge is -2.17. The number of hydrogen-bond donors (Lipinski definition) is 0. The first-order chi connectivity index (χ1) is 10.6. The highest BCUT2D eigenvalue weighted by atomic mass is 16.5. The van der Waals surface area contributed by atoms with E-state index < -0.39 is 5.97 Å². The van der Waals surface area contributed by atoms with E-state index in [4.69, 9.17) is 13.9 Å². The summed E-state index contributed by atoms with van der Waals surface area (Å²) in [7, 11) is 3.31. The van der Waals surface area contributed by atoms with Gasteiger partial charge in [-0.1, -0.05) is 18.2 Å². The Hall–Kier alpha value is -2.27. The fourth-order valence-electron chi connectivity index (χ4n) is 2.13. The molecule has 1 heterocycles. The second-order valence-electron chi connectivity index (χ2n) is 5.12. The molecule has 0 bridgehead atoms. The van der Waals surface area contributed by atoms with Crippen LogP contribution >= 0.6 is 0 Å². The van der Waals surface area contributed by atoms with Crippen LogP contribution in [0.15, 0.2) is 41.0 Å². The number of furan rings is 1. The number of hydrogen-bond acceptors (Lipinski definition) is 5. The number of ether oxygens (including phenoxy) is 2. The molecule has 22 heavy (non-hydrogen) atoms. The summed E-state index contributed by atoms with van der Waals surface area (Å²) in [6, 6.07) is 9.71. The Morgan fingerprint density at radius 2 is 2.05 bits per heavy atom. The second-order valence-corrected chi connectivity index (χ2v) is 5.12. The van der Waals surface area contributed by atoms with Crippen molar-refractivity contribution < 1.29 is 18.7 Å². The van der Waals surface area contributed by atoms with E-state index in [-0.39, 0.29) is 5.76 Å². The first-order valence-electron chi connectivity index (χ1n) is 7.13. The van der Waals surface area contributed by atoms with Crippen LogP contribution in [0.3, 0.4) is 0 Å². The molecule has 0 aliphatic rings. The van der Waals surface area contributed by atoms with Crippen molar-refractivity contribution in [1.29, 1.82) is 0 Å². The van der Waals surface area contributed by atoms with E-state index in [0.717, 1.165) is 23.4 Å². The van der Waals surface area contributed by atoms with Crippen LogP contribution in [0.2, 0.25) is 0 Å². The number of carbonyl (C=O) groups excluding carboxylic acids is 1. The maximum Gasteiger partial charge on any atom is 0.374 e. The average molecular weight is 303 g/mol. The summed E-state index contributed by atoms with van der Waals surface area (Å²) >= 11 is 0. The highest BCUT2D eigenvalue weighted by molar-refractivity contribution is 5.87. The van der Waals surface area contributed by atoms with Crippen LogP contribution in [0.1, 0.15) is 21.7 Å². The van der Waals surface area contributed by atoms with E-state index in [1.165, 1.54) is 13.4 Å². The first-order valence-corrected chi connectivity index (χ1v) is 7.13. The quantitative estimate of drug-likeness (QED) is 0.736. The summed E-state index contributed by atoms with van der Waals surface area (Å²) in [5.74, 6) is 0.702. The van der Waals surface area contributed by atoms with Gasteiger partial charge >= 0.3 is 5.97 Å². The van der Waals surface area contributed by atoms with Crippen molar-refractivity contribution in [1.82, 2.24) is 4.90 Å². The SMILES string of the molecule is COC(=O)c1occc1CN(C)CCOc1ccccc1C. The van der Waals surface area contributed by atoms with Gasteiger partial charge in [-0.2, -0.15) is 0 Å². The van der Waals surface area contributed by atoms with Crippen LogP contribution in [-0.2, 0) is 11.3 Å². The van der Waals surface area contributed by atoms with E-state index in [0.29, 0.717) is 13.2 Å². The third-order valence-electron chi connectivity index (χ3n) is 3.38. The number of carbonyl (C=O) groups is 1. The van der Waals surface area contributed by atoms with E-state index in [2.05, 4.69) is 4.90 Å². The van der Waals surface area contributed by atoms with E-state index >= 15 is 0 Å². The van der Waals surface area contributed by atoms with Crippen molar-refractivity contribution in [3.05, 3.63) is 53.5 Å². The Balaban J connectivity index is 1.84. The Labute approximate surface area is 130 Å². The number of esters is 1. The summed E-state index contributed by atoms with van der Waals surface area (Å²) in [6.45, 7) is 3.93. The normalized spacial score (nSPS) is 10.7. The zero-order valence-corrected chi connectivity index (χ0v) is 13.2. The molecule has 0 saturated carbocycles. The van der Waals surface area contributed by atoms with E-state index in [1.54, 1.807) is 6.07 Å². The van der Waals surface area contributed by atoms with Gasteiger partial charge in [0.25, 0.3) is 0 Å². The molecular weight excluding hydrogens is 282 g/mol. The van der Waals surface area contributed by atoms with Crippen LogP contribution < -0.4 is 4.74 Å². The number of para-hydroxylation sites is 1. The molecule has 0 aliphatic heterocycles.